The molecule has 0 fully saturated rings. The van der Waals surface area contributed by atoms with Crippen LogP contribution in [0.15, 0.2) is 24.3 Å². The first-order valence-electron chi connectivity index (χ1n) is 11.3. The first-order chi connectivity index (χ1) is 15.9. The standard InChI is InChI=1S/C23H31N3O7/c1-4-31-21(28)24-26(22(29)32-5-2)14-25-11-10-23-9-8-16(27)12-18(23)33-20-17(30-3)7-6-15(13-25)19(20)23/h6-9,16,18,27H,4-5,10-14H2,1-3H3,(H,24,28)/t16?,18-,23?/m1/s1. The molecule has 1 aliphatic carbocycles. The number of ether oxygens (including phenoxy) is 4. The largest absolute Gasteiger partial charge is 0.493 e. The Bertz CT molecular complexity index is 937. The zero-order valence-electron chi connectivity index (χ0n) is 19.2. The lowest BCUT2D eigenvalue weighted by atomic mass is 9.69. The second-order valence-electron chi connectivity index (χ2n) is 8.34. The van der Waals surface area contributed by atoms with Gasteiger partial charge in [0.25, 0.3) is 0 Å². The number of carbonyl (C=O) groups is 2. The van der Waals surface area contributed by atoms with Crippen LogP contribution in [0.4, 0.5) is 9.59 Å². The van der Waals surface area contributed by atoms with Crippen LogP contribution < -0.4 is 14.9 Å². The third-order valence-electron chi connectivity index (χ3n) is 6.37. The van der Waals surface area contributed by atoms with Crippen LogP contribution in [-0.2, 0) is 21.4 Å². The number of methoxy groups -OCH3 is 1. The molecule has 0 bridgehead atoms. The van der Waals surface area contributed by atoms with E-state index in [9.17, 15) is 14.7 Å². The van der Waals surface area contributed by atoms with Gasteiger partial charge in [-0.25, -0.2) is 20.0 Å². The molecule has 10 nitrogen and oxygen atoms in total. The molecule has 2 unspecified atom stereocenters. The number of amides is 2. The Balaban J connectivity index is 1.64. The van der Waals surface area contributed by atoms with Crippen molar-refractivity contribution in [2.24, 2.45) is 0 Å². The maximum absolute atomic E-state index is 12.5. The minimum atomic E-state index is -0.719. The van der Waals surface area contributed by atoms with Gasteiger partial charge in [0.15, 0.2) is 11.5 Å². The van der Waals surface area contributed by atoms with Crippen LogP contribution in [0.5, 0.6) is 11.5 Å². The molecule has 3 aliphatic rings. The molecule has 1 spiro atoms. The molecule has 2 heterocycles. The van der Waals surface area contributed by atoms with Crippen molar-refractivity contribution in [1.29, 1.82) is 0 Å². The van der Waals surface area contributed by atoms with Crippen LogP contribution in [0.25, 0.3) is 0 Å². The monoisotopic (exact) mass is 461 g/mol. The van der Waals surface area contributed by atoms with E-state index in [2.05, 4.69) is 16.4 Å². The minimum absolute atomic E-state index is 0.117. The van der Waals surface area contributed by atoms with Crippen molar-refractivity contribution in [2.75, 3.05) is 33.5 Å². The van der Waals surface area contributed by atoms with Crippen molar-refractivity contribution < 1.29 is 33.6 Å². The number of carbonyl (C=O) groups excluding carboxylic acids is 2. The van der Waals surface area contributed by atoms with Gasteiger partial charge >= 0.3 is 12.2 Å². The number of hydrogen-bond acceptors (Lipinski definition) is 8. The minimum Gasteiger partial charge on any atom is -0.493 e. The molecular weight excluding hydrogens is 430 g/mol. The Morgan fingerprint density at radius 3 is 2.82 bits per heavy atom. The number of nitrogens with zero attached hydrogens (tertiary/aromatic N) is 2. The highest BCUT2D eigenvalue weighted by atomic mass is 16.6. The van der Waals surface area contributed by atoms with E-state index in [0.29, 0.717) is 37.4 Å². The van der Waals surface area contributed by atoms with Gasteiger partial charge in [0.05, 0.1) is 38.5 Å². The molecule has 0 aromatic heterocycles. The van der Waals surface area contributed by atoms with Gasteiger partial charge in [0.1, 0.15) is 6.10 Å². The lowest BCUT2D eigenvalue weighted by Gasteiger charge is -2.36. The molecule has 1 aromatic rings. The van der Waals surface area contributed by atoms with Crippen molar-refractivity contribution in [2.45, 2.75) is 50.9 Å². The molecule has 0 radical (unpaired) electrons. The fourth-order valence-corrected chi connectivity index (χ4v) is 4.93. The normalized spacial score (nSPS) is 25.2. The molecule has 180 valence electrons. The van der Waals surface area contributed by atoms with Gasteiger partial charge < -0.3 is 24.1 Å². The number of aliphatic hydroxyl groups is 1. The maximum atomic E-state index is 12.5. The summed E-state index contributed by atoms with van der Waals surface area (Å²) in [6.45, 7) is 5.03. The van der Waals surface area contributed by atoms with E-state index in [1.54, 1.807) is 21.0 Å². The molecule has 1 aromatic carbocycles. The summed E-state index contributed by atoms with van der Waals surface area (Å²) in [4.78, 5) is 26.6. The second kappa shape index (κ2) is 9.48. The predicted molar refractivity (Wildman–Crippen MR) is 118 cm³/mol. The van der Waals surface area contributed by atoms with Crippen LogP contribution in [0.1, 0.15) is 37.8 Å². The number of hydrogen-bond donors (Lipinski definition) is 2. The summed E-state index contributed by atoms with van der Waals surface area (Å²) in [5, 5.41) is 11.3. The summed E-state index contributed by atoms with van der Waals surface area (Å²) >= 11 is 0. The first kappa shape index (κ1) is 23.2. The Morgan fingerprint density at radius 2 is 2.09 bits per heavy atom. The summed E-state index contributed by atoms with van der Waals surface area (Å²) < 4.78 is 21.9. The smallest absolute Gasteiger partial charge is 0.430 e. The molecule has 2 aliphatic heterocycles. The van der Waals surface area contributed by atoms with E-state index in [-0.39, 0.29) is 26.0 Å². The predicted octanol–water partition coefficient (Wildman–Crippen LogP) is 2.30. The van der Waals surface area contributed by atoms with Gasteiger partial charge in [0, 0.05) is 25.1 Å². The highest BCUT2D eigenvalue weighted by molar-refractivity contribution is 5.73. The van der Waals surface area contributed by atoms with Gasteiger partial charge in [-0.15, -0.1) is 0 Å². The molecule has 4 rings (SSSR count). The number of nitrogens with one attached hydrogen (secondary N) is 1. The number of benzene rings is 1. The summed E-state index contributed by atoms with van der Waals surface area (Å²) in [5.74, 6) is 1.38. The molecule has 0 saturated heterocycles. The fourth-order valence-electron chi connectivity index (χ4n) is 4.93. The Kier molecular flexibility index (Phi) is 6.66. The van der Waals surface area contributed by atoms with Crippen molar-refractivity contribution >= 4 is 12.2 Å². The van der Waals surface area contributed by atoms with Gasteiger partial charge in [-0.3, -0.25) is 4.90 Å². The summed E-state index contributed by atoms with van der Waals surface area (Å²) in [6, 6.07) is 3.89. The van der Waals surface area contributed by atoms with E-state index >= 15 is 0 Å². The Labute approximate surface area is 193 Å². The molecule has 10 heteroatoms. The SMILES string of the molecule is CCOC(=O)NN(CN1CCC23C=CC(O)C[C@H]2Oc2c(OC)ccc(c23)C1)C(=O)OCC. The second-order valence-corrected chi connectivity index (χ2v) is 8.34. The van der Waals surface area contributed by atoms with Crippen LogP contribution in [0.2, 0.25) is 0 Å². The summed E-state index contributed by atoms with van der Waals surface area (Å²) in [6.07, 6.45) is 2.96. The lowest BCUT2D eigenvalue weighted by molar-refractivity contribution is 0.0393. The van der Waals surface area contributed by atoms with Gasteiger partial charge in [0.2, 0.25) is 0 Å². The molecule has 2 N–H and O–H groups in total. The van der Waals surface area contributed by atoms with E-state index in [1.165, 1.54) is 0 Å². The topological polar surface area (TPSA) is 110 Å². The van der Waals surface area contributed by atoms with Gasteiger partial charge in [-0.1, -0.05) is 18.2 Å². The van der Waals surface area contributed by atoms with E-state index in [1.807, 2.05) is 18.2 Å². The highest BCUT2D eigenvalue weighted by Crippen LogP contribution is 2.55. The fraction of sp³-hybridized carbons (Fsp3) is 0.565. The van der Waals surface area contributed by atoms with Crippen molar-refractivity contribution in [3.05, 3.63) is 35.4 Å². The maximum Gasteiger partial charge on any atom is 0.430 e. The van der Waals surface area contributed by atoms with E-state index in [0.717, 1.165) is 16.1 Å². The summed E-state index contributed by atoms with van der Waals surface area (Å²) in [5.41, 5.74) is 4.20. The van der Waals surface area contributed by atoms with Gasteiger partial charge in [-0.05, 0) is 31.9 Å². The van der Waals surface area contributed by atoms with Crippen LogP contribution in [0.3, 0.4) is 0 Å². The number of hydrazine groups is 1. The van der Waals surface area contributed by atoms with Crippen molar-refractivity contribution in [1.82, 2.24) is 15.3 Å². The Morgan fingerprint density at radius 1 is 1.30 bits per heavy atom. The van der Waals surface area contributed by atoms with Crippen LogP contribution >= 0.6 is 0 Å². The number of rotatable bonds is 5. The molecule has 33 heavy (non-hydrogen) atoms. The molecule has 0 saturated carbocycles. The average molecular weight is 462 g/mol. The lowest BCUT2D eigenvalue weighted by Crippen LogP contribution is -2.52. The molecule has 3 atom stereocenters. The van der Waals surface area contributed by atoms with Crippen LogP contribution in [0, 0.1) is 0 Å². The average Bonchev–Trinajstić information content (AvgIpc) is 3.03. The quantitative estimate of drug-likeness (QED) is 0.508. The van der Waals surface area contributed by atoms with Crippen LogP contribution in [-0.4, -0.2) is 72.9 Å². The number of aliphatic hydroxyl groups excluding tert-OH is 1. The van der Waals surface area contributed by atoms with Gasteiger partial charge in [-0.2, -0.15) is 0 Å². The third kappa shape index (κ3) is 4.32. The molecule has 2 amide bonds. The zero-order chi connectivity index (χ0) is 23.6. The summed E-state index contributed by atoms with van der Waals surface area (Å²) in [7, 11) is 1.61. The van der Waals surface area contributed by atoms with E-state index < -0.39 is 23.7 Å². The Hall–Kier alpha value is -2.98. The first-order valence-corrected chi connectivity index (χ1v) is 11.3. The van der Waals surface area contributed by atoms with Crippen molar-refractivity contribution in [3.8, 4) is 11.5 Å². The van der Waals surface area contributed by atoms with Crippen molar-refractivity contribution in [3.63, 3.8) is 0 Å². The zero-order valence-corrected chi connectivity index (χ0v) is 19.2. The van der Waals surface area contributed by atoms with E-state index in [4.69, 9.17) is 18.9 Å². The third-order valence-corrected chi connectivity index (χ3v) is 6.37. The molecular formula is C23H31N3O7. The highest BCUT2D eigenvalue weighted by Gasteiger charge is 2.52.